The molecule has 0 aliphatic carbocycles. The van der Waals surface area contributed by atoms with Crippen LogP contribution in [-0.4, -0.2) is 36.3 Å². The van der Waals surface area contributed by atoms with E-state index in [1.165, 1.54) is 5.56 Å². The molecule has 3 rings (SSSR count). The molecule has 4 nitrogen and oxygen atoms in total. The van der Waals surface area contributed by atoms with Crippen LogP contribution in [0.2, 0.25) is 0 Å². The summed E-state index contributed by atoms with van der Waals surface area (Å²) in [6.07, 6.45) is 1.90. The summed E-state index contributed by atoms with van der Waals surface area (Å²) in [4.78, 5) is 11.2. The Morgan fingerprint density at radius 1 is 1.24 bits per heavy atom. The van der Waals surface area contributed by atoms with Crippen molar-refractivity contribution in [3.05, 3.63) is 30.0 Å². The quantitative estimate of drug-likeness (QED) is 0.747. The Bertz CT molecular complexity index is 535. The maximum atomic E-state index is 5.33. The molecule has 0 amide bonds. The highest BCUT2D eigenvalue weighted by Gasteiger charge is 2.13. The van der Waals surface area contributed by atoms with E-state index >= 15 is 0 Å². The van der Waals surface area contributed by atoms with Crippen molar-refractivity contribution in [2.75, 3.05) is 31.2 Å². The summed E-state index contributed by atoms with van der Waals surface area (Å²) in [5.41, 5.74) is 2.24. The number of aromatic nitrogens is 2. The zero-order valence-corrected chi connectivity index (χ0v) is 9.89. The highest BCUT2D eigenvalue weighted by Crippen LogP contribution is 2.17. The summed E-state index contributed by atoms with van der Waals surface area (Å²) in [7, 11) is 0. The van der Waals surface area contributed by atoms with Crippen molar-refractivity contribution in [2.45, 2.75) is 6.92 Å². The van der Waals surface area contributed by atoms with Gasteiger partial charge in [0.15, 0.2) is 0 Å². The van der Waals surface area contributed by atoms with Crippen LogP contribution in [0.4, 0.5) is 5.95 Å². The molecule has 4 heteroatoms. The summed E-state index contributed by atoms with van der Waals surface area (Å²) >= 11 is 0. The van der Waals surface area contributed by atoms with E-state index in [-0.39, 0.29) is 0 Å². The lowest BCUT2D eigenvalue weighted by atomic mass is 10.2. The highest BCUT2D eigenvalue weighted by molar-refractivity contribution is 5.79. The number of benzene rings is 1. The number of hydrogen-bond acceptors (Lipinski definition) is 4. The second-order valence-corrected chi connectivity index (χ2v) is 4.33. The molecular formula is C13H15N3O. The molecule has 1 aromatic carbocycles. The molecule has 88 valence electrons. The molecule has 17 heavy (non-hydrogen) atoms. The van der Waals surface area contributed by atoms with Gasteiger partial charge in [0, 0.05) is 24.7 Å². The van der Waals surface area contributed by atoms with E-state index < -0.39 is 0 Å². The minimum Gasteiger partial charge on any atom is -0.378 e. The zero-order valence-electron chi connectivity index (χ0n) is 9.89. The third kappa shape index (κ3) is 2.08. The maximum Gasteiger partial charge on any atom is 0.226 e. The van der Waals surface area contributed by atoms with E-state index in [0.29, 0.717) is 0 Å². The monoisotopic (exact) mass is 229 g/mol. The molecule has 0 atom stereocenters. The molecule has 0 bridgehead atoms. The molecule has 2 heterocycles. The number of ether oxygens (including phenoxy) is 1. The fourth-order valence-corrected chi connectivity index (χ4v) is 2.06. The summed E-state index contributed by atoms with van der Waals surface area (Å²) in [6, 6.07) is 6.24. The van der Waals surface area contributed by atoms with E-state index in [1.807, 2.05) is 6.20 Å². The van der Waals surface area contributed by atoms with Gasteiger partial charge >= 0.3 is 0 Å². The van der Waals surface area contributed by atoms with E-state index in [9.17, 15) is 0 Å². The standard InChI is InChI=1S/C13H15N3O/c1-10-2-3-12-11(8-10)9-14-13(15-12)16-4-6-17-7-5-16/h2-3,8-9H,4-7H2,1H3. The van der Waals surface area contributed by atoms with Gasteiger partial charge in [-0.25, -0.2) is 9.97 Å². The van der Waals surface area contributed by atoms with Crippen LogP contribution in [0.5, 0.6) is 0 Å². The molecule has 1 saturated heterocycles. The predicted octanol–water partition coefficient (Wildman–Crippen LogP) is 1.77. The van der Waals surface area contributed by atoms with Crippen molar-refractivity contribution in [3.8, 4) is 0 Å². The molecule has 0 radical (unpaired) electrons. The third-order valence-electron chi connectivity index (χ3n) is 3.02. The van der Waals surface area contributed by atoms with Crippen LogP contribution < -0.4 is 4.90 Å². The molecule has 1 fully saturated rings. The number of morpholine rings is 1. The number of anilines is 1. The third-order valence-corrected chi connectivity index (χ3v) is 3.02. The molecule has 0 spiro atoms. The lowest BCUT2D eigenvalue weighted by molar-refractivity contribution is 0.122. The fraction of sp³-hybridized carbons (Fsp3) is 0.385. The van der Waals surface area contributed by atoms with Gasteiger partial charge in [-0.1, -0.05) is 11.6 Å². The van der Waals surface area contributed by atoms with Crippen LogP contribution in [0.15, 0.2) is 24.4 Å². The van der Waals surface area contributed by atoms with Gasteiger partial charge in [0.25, 0.3) is 0 Å². The Morgan fingerprint density at radius 3 is 2.88 bits per heavy atom. The minimum atomic E-state index is 0.759. The Labute approximate surface area is 100 Å². The SMILES string of the molecule is Cc1ccc2nc(N3CCOCC3)ncc2c1. The first kappa shape index (κ1) is 10.5. The number of nitrogens with zero attached hydrogens (tertiary/aromatic N) is 3. The fourth-order valence-electron chi connectivity index (χ4n) is 2.06. The molecule has 0 N–H and O–H groups in total. The summed E-state index contributed by atoms with van der Waals surface area (Å²) < 4.78 is 5.33. The van der Waals surface area contributed by atoms with E-state index in [4.69, 9.17) is 4.74 Å². The van der Waals surface area contributed by atoms with Crippen LogP contribution in [0.3, 0.4) is 0 Å². The minimum absolute atomic E-state index is 0.759. The molecule has 2 aromatic rings. The normalized spacial score (nSPS) is 16.4. The first-order valence-corrected chi connectivity index (χ1v) is 5.89. The van der Waals surface area contributed by atoms with Gasteiger partial charge in [-0.2, -0.15) is 0 Å². The molecule has 1 aromatic heterocycles. The van der Waals surface area contributed by atoms with Crippen molar-refractivity contribution < 1.29 is 4.74 Å². The highest BCUT2D eigenvalue weighted by atomic mass is 16.5. The van der Waals surface area contributed by atoms with Crippen LogP contribution in [-0.2, 0) is 4.74 Å². The van der Waals surface area contributed by atoms with Crippen molar-refractivity contribution in [3.63, 3.8) is 0 Å². The average molecular weight is 229 g/mol. The largest absolute Gasteiger partial charge is 0.378 e. The lowest BCUT2D eigenvalue weighted by Crippen LogP contribution is -2.37. The van der Waals surface area contributed by atoms with Crippen molar-refractivity contribution in [1.29, 1.82) is 0 Å². The second kappa shape index (κ2) is 4.30. The van der Waals surface area contributed by atoms with Crippen LogP contribution in [0, 0.1) is 6.92 Å². The number of fused-ring (bicyclic) bond motifs is 1. The maximum absolute atomic E-state index is 5.33. The van der Waals surface area contributed by atoms with Crippen LogP contribution in [0.25, 0.3) is 10.9 Å². The molecule has 1 aliphatic rings. The van der Waals surface area contributed by atoms with Gasteiger partial charge in [-0.3, -0.25) is 0 Å². The van der Waals surface area contributed by atoms with E-state index in [2.05, 4.69) is 40.0 Å². The Balaban J connectivity index is 1.98. The Kier molecular flexibility index (Phi) is 2.65. The zero-order chi connectivity index (χ0) is 11.7. The molecular weight excluding hydrogens is 214 g/mol. The van der Waals surface area contributed by atoms with Gasteiger partial charge in [-0.05, 0) is 19.1 Å². The van der Waals surface area contributed by atoms with E-state index in [1.54, 1.807) is 0 Å². The molecule has 0 saturated carbocycles. The van der Waals surface area contributed by atoms with Crippen molar-refractivity contribution in [2.24, 2.45) is 0 Å². The Hall–Kier alpha value is -1.68. The molecule has 0 unspecified atom stereocenters. The Morgan fingerprint density at radius 2 is 2.06 bits per heavy atom. The first-order valence-electron chi connectivity index (χ1n) is 5.89. The average Bonchev–Trinajstić information content (AvgIpc) is 2.39. The van der Waals surface area contributed by atoms with E-state index in [0.717, 1.165) is 43.2 Å². The number of aryl methyl sites for hydroxylation is 1. The summed E-state index contributed by atoms with van der Waals surface area (Å²) in [6.45, 7) is 5.34. The predicted molar refractivity (Wildman–Crippen MR) is 67.3 cm³/mol. The van der Waals surface area contributed by atoms with Gasteiger partial charge in [0.05, 0.1) is 18.7 Å². The van der Waals surface area contributed by atoms with Crippen LogP contribution in [0.1, 0.15) is 5.56 Å². The van der Waals surface area contributed by atoms with Gasteiger partial charge in [0.2, 0.25) is 5.95 Å². The van der Waals surface area contributed by atoms with Crippen LogP contribution >= 0.6 is 0 Å². The molecule has 1 aliphatic heterocycles. The number of rotatable bonds is 1. The lowest BCUT2D eigenvalue weighted by Gasteiger charge is -2.26. The summed E-state index contributed by atoms with van der Waals surface area (Å²) in [5.74, 6) is 0.810. The number of hydrogen-bond donors (Lipinski definition) is 0. The second-order valence-electron chi connectivity index (χ2n) is 4.33. The van der Waals surface area contributed by atoms with Gasteiger partial charge < -0.3 is 9.64 Å². The topological polar surface area (TPSA) is 38.2 Å². The van der Waals surface area contributed by atoms with Crippen molar-refractivity contribution in [1.82, 2.24) is 9.97 Å². The van der Waals surface area contributed by atoms with Gasteiger partial charge in [-0.15, -0.1) is 0 Å². The first-order chi connectivity index (χ1) is 8.33. The van der Waals surface area contributed by atoms with Crippen molar-refractivity contribution >= 4 is 16.9 Å². The smallest absolute Gasteiger partial charge is 0.226 e. The summed E-state index contributed by atoms with van der Waals surface area (Å²) in [5, 5.41) is 1.10. The van der Waals surface area contributed by atoms with Gasteiger partial charge in [0.1, 0.15) is 0 Å².